The number of hydrogen-bond acceptors (Lipinski definition) is 5. The van der Waals surface area contributed by atoms with Crippen molar-refractivity contribution in [2.75, 3.05) is 18.0 Å². The van der Waals surface area contributed by atoms with Gasteiger partial charge in [-0.25, -0.2) is 8.42 Å². The third kappa shape index (κ3) is 3.42. The van der Waals surface area contributed by atoms with Crippen molar-refractivity contribution in [3.8, 4) is 5.75 Å². The predicted octanol–water partition coefficient (Wildman–Crippen LogP) is 2.82. The second-order valence-electron chi connectivity index (χ2n) is 4.62. The first-order chi connectivity index (χ1) is 10.9. The second kappa shape index (κ2) is 6.66. The normalized spacial score (nSPS) is 11.0. The van der Waals surface area contributed by atoms with Crippen molar-refractivity contribution < 1.29 is 18.1 Å². The fraction of sp³-hybridized carbons (Fsp3) is 0.200. The van der Waals surface area contributed by atoms with E-state index < -0.39 is 14.9 Å². The number of ether oxygens (including phenoxy) is 1. The lowest BCUT2D eigenvalue weighted by Crippen LogP contribution is -2.30. The summed E-state index contributed by atoms with van der Waals surface area (Å²) in [6, 6.07) is 11.5. The minimum absolute atomic E-state index is 0.0895. The Hall–Kier alpha value is -2.61. The summed E-state index contributed by atoms with van der Waals surface area (Å²) in [6.45, 7) is 1.81. The Balaban J connectivity index is 2.46. The molecule has 0 heterocycles. The number of methoxy groups -OCH3 is 1. The monoisotopic (exact) mass is 336 g/mol. The van der Waals surface area contributed by atoms with E-state index in [-0.39, 0.29) is 22.8 Å². The minimum atomic E-state index is -3.82. The molecule has 122 valence electrons. The van der Waals surface area contributed by atoms with Crippen molar-refractivity contribution in [1.82, 2.24) is 0 Å². The Bertz CT molecular complexity index is 803. The zero-order valence-corrected chi connectivity index (χ0v) is 13.5. The van der Waals surface area contributed by atoms with Crippen LogP contribution in [0.15, 0.2) is 53.4 Å². The van der Waals surface area contributed by atoms with Gasteiger partial charge in [-0.3, -0.25) is 14.4 Å². The van der Waals surface area contributed by atoms with Crippen LogP contribution in [-0.2, 0) is 10.0 Å². The topological polar surface area (TPSA) is 89.8 Å². The molecule has 2 rings (SSSR count). The number of nitro groups is 1. The van der Waals surface area contributed by atoms with E-state index in [1.165, 1.54) is 43.5 Å². The molecular formula is C15H16N2O5S. The number of anilines is 1. The molecule has 0 saturated heterocycles. The van der Waals surface area contributed by atoms with Crippen molar-refractivity contribution in [3.63, 3.8) is 0 Å². The number of nitro benzene ring substituents is 1. The molecule has 0 aliphatic rings. The summed E-state index contributed by atoms with van der Waals surface area (Å²) in [7, 11) is -2.33. The van der Waals surface area contributed by atoms with Gasteiger partial charge in [-0.1, -0.05) is 6.07 Å². The third-order valence-corrected chi connectivity index (χ3v) is 5.18. The highest BCUT2D eigenvalue weighted by Gasteiger charge is 2.24. The molecule has 0 amide bonds. The fourth-order valence-corrected chi connectivity index (χ4v) is 3.59. The van der Waals surface area contributed by atoms with Crippen LogP contribution in [0.5, 0.6) is 5.75 Å². The molecule has 0 spiro atoms. The molecule has 0 aliphatic heterocycles. The molecule has 0 unspecified atom stereocenters. The molecule has 2 aromatic carbocycles. The molecule has 0 N–H and O–H groups in total. The van der Waals surface area contributed by atoms with Crippen LogP contribution in [-0.4, -0.2) is 27.0 Å². The van der Waals surface area contributed by atoms with E-state index in [0.29, 0.717) is 5.75 Å². The molecule has 0 fully saturated rings. The highest BCUT2D eigenvalue weighted by Crippen LogP contribution is 2.27. The lowest BCUT2D eigenvalue weighted by atomic mass is 10.3. The van der Waals surface area contributed by atoms with E-state index in [1.54, 1.807) is 19.1 Å². The second-order valence-corrected chi connectivity index (χ2v) is 6.48. The smallest absolute Gasteiger partial charge is 0.271 e. The number of benzene rings is 2. The molecule has 7 nitrogen and oxygen atoms in total. The van der Waals surface area contributed by atoms with Gasteiger partial charge in [0.25, 0.3) is 15.7 Å². The van der Waals surface area contributed by atoms with Gasteiger partial charge in [0.2, 0.25) is 0 Å². The average Bonchev–Trinajstić information content (AvgIpc) is 2.55. The SMILES string of the molecule is CCN(c1cccc([N+](=O)[O-])c1)S(=O)(=O)c1ccc(OC)cc1. The molecular weight excluding hydrogens is 320 g/mol. The zero-order chi connectivity index (χ0) is 17.0. The summed E-state index contributed by atoms with van der Waals surface area (Å²) < 4.78 is 31.7. The van der Waals surface area contributed by atoms with Crippen LogP contribution in [0, 0.1) is 10.1 Å². The van der Waals surface area contributed by atoms with Crippen LogP contribution in [0.1, 0.15) is 6.92 Å². The summed E-state index contributed by atoms with van der Waals surface area (Å²) in [5.41, 5.74) is 0.0865. The lowest BCUT2D eigenvalue weighted by Gasteiger charge is -2.22. The zero-order valence-electron chi connectivity index (χ0n) is 12.7. The summed E-state index contributed by atoms with van der Waals surface area (Å²) in [5.74, 6) is 0.544. The molecule has 0 bridgehead atoms. The van der Waals surface area contributed by atoms with Crippen molar-refractivity contribution in [2.24, 2.45) is 0 Å². The van der Waals surface area contributed by atoms with Gasteiger partial charge in [-0.15, -0.1) is 0 Å². The van der Waals surface area contributed by atoms with Gasteiger partial charge >= 0.3 is 0 Å². The summed E-state index contributed by atoms with van der Waals surface area (Å²) in [6.07, 6.45) is 0. The molecule has 0 saturated carbocycles. The first-order valence-corrected chi connectivity index (χ1v) is 8.25. The number of nitrogens with zero attached hydrogens (tertiary/aromatic N) is 2. The van der Waals surface area contributed by atoms with Crippen molar-refractivity contribution in [1.29, 1.82) is 0 Å². The highest BCUT2D eigenvalue weighted by molar-refractivity contribution is 7.92. The Labute approximate surface area is 134 Å². The van der Waals surface area contributed by atoms with E-state index in [0.717, 1.165) is 4.31 Å². The first-order valence-electron chi connectivity index (χ1n) is 6.81. The molecule has 23 heavy (non-hydrogen) atoms. The van der Waals surface area contributed by atoms with Crippen LogP contribution in [0.25, 0.3) is 0 Å². The van der Waals surface area contributed by atoms with Crippen LogP contribution in [0.3, 0.4) is 0 Å². The Morgan fingerprint density at radius 2 is 1.83 bits per heavy atom. The maximum atomic E-state index is 12.8. The Kier molecular flexibility index (Phi) is 4.85. The van der Waals surface area contributed by atoms with Crippen LogP contribution < -0.4 is 9.04 Å². The quantitative estimate of drug-likeness (QED) is 0.597. The molecule has 0 radical (unpaired) electrons. The number of rotatable bonds is 6. The fourth-order valence-electron chi connectivity index (χ4n) is 2.13. The highest BCUT2D eigenvalue weighted by atomic mass is 32.2. The van der Waals surface area contributed by atoms with Gasteiger partial charge in [0.05, 0.1) is 22.6 Å². The molecule has 8 heteroatoms. The van der Waals surface area contributed by atoms with Gasteiger partial charge in [0, 0.05) is 18.7 Å². The number of hydrogen-bond donors (Lipinski definition) is 0. The molecule has 0 atom stereocenters. The van der Waals surface area contributed by atoms with Crippen LogP contribution in [0.4, 0.5) is 11.4 Å². The Morgan fingerprint density at radius 3 is 2.35 bits per heavy atom. The van der Waals surface area contributed by atoms with Crippen LogP contribution >= 0.6 is 0 Å². The first kappa shape index (κ1) is 16.8. The van der Waals surface area contributed by atoms with E-state index in [1.807, 2.05) is 0 Å². The lowest BCUT2D eigenvalue weighted by molar-refractivity contribution is -0.384. The van der Waals surface area contributed by atoms with Crippen molar-refractivity contribution >= 4 is 21.4 Å². The maximum Gasteiger partial charge on any atom is 0.271 e. The summed E-state index contributed by atoms with van der Waals surface area (Å²) in [5, 5.41) is 10.9. The van der Waals surface area contributed by atoms with Crippen molar-refractivity contribution in [2.45, 2.75) is 11.8 Å². The van der Waals surface area contributed by atoms with Crippen molar-refractivity contribution in [3.05, 3.63) is 58.6 Å². The number of sulfonamides is 1. The van der Waals surface area contributed by atoms with Gasteiger partial charge in [0.15, 0.2) is 0 Å². The van der Waals surface area contributed by atoms with Gasteiger partial charge in [-0.2, -0.15) is 0 Å². The predicted molar refractivity (Wildman–Crippen MR) is 86.3 cm³/mol. The van der Waals surface area contributed by atoms with E-state index >= 15 is 0 Å². The minimum Gasteiger partial charge on any atom is -0.497 e. The van der Waals surface area contributed by atoms with E-state index in [2.05, 4.69) is 0 Å². The largest absolute Gasteiger partial charge is 0.497 e. The summed E-state index contributed by atoms with van der Waals surface area (Å²) in [4.78, 5) is 10.4. The molecule has 2 aromatic rings. The Morgan fingerprint density at radius 1 is 1.17 bits per heavy atom. The number of non-ortho nitro benzene ring substituents is 1. The maximum absolute atomic E-state index is 12.8. The van der Waals surface area contributed by atoms with Crippen LogP contribution in [0.2, 0.25) is 0 Å². The molecule has 0 aliphatic carbocycles. The standard InChI is InChI=1S/C15H16N2O5S/c1-3-16(12-5-4-6-13(11-12)17(18)19)23(20,21)15-9-7-14(22-2)8-10-15/h4-11H,3H2,1-2H3. The third-order valence-electron chi connectivity index (χ3n) is 3.26. The summed E-state index contributed by atoms with van der Waals surface area (Å²) >= 11 is 0. The molecule has 0 aromatic heterocycles. The van der Waals surface area contributed by atoms with Gasteiger partial charge in [-0.05, 0) is 37.3 Å². The average molecular weight is 336 g/mol. The van der Waals surface area contributed by atoms with Gasteiger partial charge in [0.1, 0.15) is 5.75 Å². The van der Waals surface area contributed by atoms with Gasteiger partial charge < -0.3 is 4.74 Å². The van der Waals surface area contributed by atoms with E-state index in [4.69, 9.17) is 4.74 Å². The van der Waals surface area contributed by atoms with E-state index in [9.17, 15) is 18.5 Å².